The Balaban J connectivity index is 1.83. The third kappa shape index (κ3) is 3.16. The van der Waals surface area contributed by atoms with E-state index in [1.54, 1.807) is 6.07 Å². The summed E-state index contributed by atoms with van der Waals surface area (Å²) in [4.78, 5) is 12.6. The number of hydrogen-bond acceptors (Lipinski definition) is 2. The Morgan fingerprint density at radius 3 is 2.90 bits per heavy atom. The number of fused-ring (bicyclic) bond motifs is 1. The van der Waals surface area contributed by atoms with Crippen molar-refractivity contribution < 1.29 is 4.79 Å². The second-order valence-corrected chi connectivity index (χ2v) is 6.57. The summed E-state index contributed by atoms with van der Waals surface area (Å²) in [6, 6.07) is 13.4. The molecule has 0 aromatic heterocycles. The van der Waals surface area contributed by atoms with Gasteiger partial charge in [-0.1, -0.05) is 29.8 Å². The van der Waals surface area contributed by atoms with E-state index in [4.69, 9.17) is 11.6 Å². The van der Waals surface area contributed by atoms with Crippen LogP contribution < -0.4 is 10.6 Å². The van der Waals surface area contributed by atoms with Crippen molar-refractivity contribution in [1.29, 1.82) is 0 Å². The smallest absolute Gasteiger partial charge is 0.232 e. The van der Waals surface area contributed by atoms with Gasteiger partial charge in [0.05, 0.1) is 11.6 Å². The lowest BCUT2D eigenvalue weighted by atomic mass is 9.90. The highest BCUT2D eigenvalue weighted by Crippen LogP contribution is 2.32. The molecule has 2 N–H and O–H groups in total. The van der Waals surface area contributed by atoms with Gasteiger partial charge in [-0.3, -0.25) is 4.79 Å². The summed E-state index contributed by atoms with van der Waals surface area (Å²) < 4.78 is 0.940. The summed E-state index contributed by atoms with van der Waals surface area (Å²) >= 11 is 8.12. The van der Waals surface area contributed by atoms with Crippen LogP contribution in [-0.2, 0) is 4.79 Å². The third-order valence-corrected chi connectivity index (χ3v) is 4.72. The molecule has 0 radical (unpaired) electrons. The zero-order chi connectivity index (χ0) is 14.8. The Bertz CT molecular complexity index is 690. The first-order valence-corrected chi connectivity index (χ1v) is 8.19. The molecule has 1 aliphatic rings. The highest BCUT2D eigenvalue weighted by molar-refractivity contribution is 14.1. The maximum atomic E-state index is 12.6. The predicted molar refractivity (Wildman–Crippen MR) is 95.1 cm³/mol. The standard InChI is InChI=1S/C16H14ClIN2O/c17-10-5-6-15(13(18)9-10)20-16(21)12-7-8-19-14-4-2-1-3-11(12)14/h1-6,9,12,19H,7-8H2,(H,20,21). The van der Waals surface area contributed by atoms with Gasteiger partial charge in [0, 0.05) is 20.8 Å². The van der Waals surface area contributed by atoms with Gasteiger partial charge in [0.1, 0.15) is 0 Å². The molecule has 0 saturated heterocycles. The lowest BCUT2D eigenvalue weighted by Crippen LogP contribution is -2.27. The number of carbonyl (C=O) groups is 1. The third-order valence-electron chi connectivity index (χ3n) is 3.59. The van der Waals surface area contributed by atoms with Gasteiger partial charge in [-0.05, 0) is 58.8 Å². The molecule has 3 rings (SSSR count). The maximum absolute atomic E-state index is 12.6. The van der Waals surface area contributed by atoms with Gasteiger partial charge in [-0.25, -0.2) is 0 Å². The Labute approximate surface area is 142 Å². The molecule has 0 aliphatic carbocycles. The van der Waals surface area contributed by atoms with Crippen molar-refractivity contribution in [2.24, 2.45) is 0 Å². The number of amides is 1. The Morgan fingerprint density at radius 2 is 2.10 bits per heavy atom. The van der Waals surface area contributed by atoms with Crippen molar-refractivity contribution >= 4 is 51.5 Å². The molecule has 1 unspecified atom stereocenters. The summed E-state index contributed by atoms with van der Waals surface area (Å²) in [5.74, 6) is -0.0851. The van der Waals surface area contributed by atoms with E-state index in [0.29, 0.717) is 5.02 Å². The average Bonchev–Trinajstić information content (AvgIpc) is 2.49. The first-order chi connectivity index (χ1) is 10.1. The van der Waals surface area contributed by atoms with Gasteiger partial charge in [0.2, 0.25) is 5.91 Å². The minimum Gasteiger partial charge on any atom is -0.385 e. The molecule has 5 heteroatoms. The van der Waals surface area contributed by atoms with Crippen LogP contribution >= 0.6 is 34.2 Å². The summed E-state index contributed by atoms with van der Waals surface area (Å²) in [6.45, 7) is 0.812. The zero-order valence-electron chi connectivity index (χ0n) is 11.2. The van der Waals surface area contributed by atoms with E-state index in [9.17, 15) is 4.79 Å². The SMILES string of the molecule is O=C(Nc1ccc(Cl)cc1I)C1CCNc2ccccc21. The summed E-state index contributed by atoms with van der Waals surface area (Å²) in [5, 5.41) is 7.02. The van der Waals surface area contributed by atoms with E-state index in [0.717, 1.165) is 33.5 Å². The lowest BCUT2D eigenvalue weighted by Gasteiger charge is -2.26. The molecule has 1 amide bonds. The molecule has 3 nitrogen and oxygen atoms in total. The maximum Gasteiger partial charge on any atom is 0.232 e. The van der Waals surface area contributed by atoms with Crippen molar-refractivity contribution in [1.82, 2.24) is 0 Å². The number of para-hydroxylation sites is 1. The van der Waals surface area contributed by atoms with E-state index in [2.05, 4.69) is 33.2 Å². The van der Waals surface area contributed by atoms with Crippen LogP contribution in [0.5, 0.6) is 0 Å². The molecule has 108 valence electrons. The first kappa shape index (κ1) is 14.7. The van der Waals surface area contributed by atoms with Crippen LogP contribution in [0.1, 0.15) is 17.9 Å². The zero-order valence-corrected chi connectivity index (χ0v) is 14.1. The normalized spacial score (nSPS) is 16.8. The van der Waals surface area contributed by atoms with Gasteiger partial charge < -0.3 is 10.6 Å². The molecule has 2 aromatic carbocycles. The van der Waals surface area contributed by atoms with E-state index >= 15 is 0 Å². The van der Waals surface area contributed by atoms with Gasteiger partial charge in [-0.15, -0.1) is 0 Å². The van der Waals surface area contributed by atoms with E-state index in [-0.39, 0.29) is 11.8 Å². The van der Waals surface area contributed by atoms with Crippen LogP contribution in [0.4, 0.5) is 11.4 Å². The lowest BCUT2D eigenvalue weighted by molar-refractivity contribution is -0.117. The fourth-order valence-electron chi connectivity index (χ4n) is 2.55. The van der Waals surface area contributed by atoms with Crippen LogP contribution in [0.25, 0.3) is 0 Å². The fraction of sp³-hybridized carbons (Fsp3) is 0.188. The van der Waals surface area contributed by atoms with Gasteiger partial charge >= 0.3 is 0 Å². The minimum absolute atomic E-state index is 0.0317. The van der Waals surface area contributed by atoms with Crippen LogP contribution in [0.3, 0.4) is 0 Å². The number of benzene rings is 2. The van der Waals surface area contributed by atoms with Gasteiger partial charge in [0.25, 0.3) is 0 Å². The van der Waals surface area contributed by atoms with E-state index in [1.807, 2.05) is 36.4 Å². The fourth-order valence-corrected chi connectivity index (χ4v) is 3.56. The first-order valence-electron chi connectivity index (χ1n) is 6.74. The number of hydrogen-bond donors (Lipinski definition) is 2. The van der Waals surface area contributed by atoms with Crippen LogP contribution in [0.2, 0.25) is 5.02 Å². The average molecular weight is 413 g/mol. The molecule has 2 aromatic rings. The monoisotopic (exact) mass is 412 g/mol. The van der Waals surface area contributed by atoms with E-state index < -0.39 is 0 Å². The minimum atomic E-state index is -0.117. The molecule has 1 heterocycles. The van der Waals surface area contributed by atoms with Crippen molar-refractivity contribution in [3.8, 4) is 0 Å². The molecule has 0 saturated carbocycles. The summed E-state index contributed by atoms with van der Waals surface area (Å²) in [7, 11) is 0. The summed E-state index contributed by atoms with van der Waals surface area (Å²) in [6.07, 6.45) is 0.799. The molecule has 1 aliphatic heterocycles. The largest absolute Gasteiger partial charge is 0.385 e. The topological polar surface area (TPSA) is 41.1 Å². The van der Waals surface area contributed by atoms with Crippen molar-refractivity contribution in [2.45, 2.75) is 12.3 Å². The van der Waals surface area contributed by atoms with E-state index in [1.165, 1.54) is 0 Å². The number of anilines is 2. The van der Waals surface area contributed by atoms with Crippen LogP contribution in [-0.4, -0.2) is 12.5 Å². The molecule has 21 heavy (non-hydrogen) atoms. The molecule has 0 bridgehead atoms. The number of rotatable bonds is 2. The molecule has 0 spiro atoms. The molecular formula is C16H14ClIN2O. The van der Waals surface area contributed by atoms with Gasteiger partial charge in [0.15, 0.2) is 0 Å². The Kier molecular flexibility index (Phi) is 4.35. The predicted octanol–water partition coefficient (Wildman–Crippen LogP) is 4.48. The second-order valence-electron chi connectivity index (χ2n) is 4.97. The molecular weight excluding hydrogens is 399 g/mol. The Morgan fingerprint density at radius 1 is 1.29 bits per heavy atom. The number of halogens is 2. The second kappa shape index (κ2) is 6.23. The van der Waals surface area contributed by atoms with Crippen molar-refractivity contribution in [2.75, 3.05) is 17.2 Å². The quantitative estimate of drug-likeness (QED) is 0.714. The van der Waals surface area contributed by atoms with Gasteiger partial charge in [-0.2, -0.15) is 0 Å². The molecule has 1 atom stereocenters. The number of carbonyl (C=O) groups excluding carboxylic acids is 1. The molecule has 0 fully saturated rings. The highest BCUT2D eigenvalue weighted by Gasteiger charge is 2.26. The number of nitrogens with one attached hydrogen (secondary N) is 2. The summed E-state index contributed by atoms with van der Waals surface area (Å²) in [5.41, 5.74) is 2.92. The highest BCUT2D eigenvalue weighted by atomic mass is 127. The van der Waals surface area contributed by atoms with Crippen molar-refractivity contribution in [3.05, 3.63) is 56.6 Å². The van der Waals surface area contributed by atoms with Crippen LogP contribution in [0, 0.1) is 3.57 Å². The van der Waals surface area contributed by atoms with Crippen molar-refractivity contribution in [3.63, 3.8) is 0 Å². The van der Waals surface area contributed by atoms with Crippen LogP contribution in [0.15, 0.2) is 42.5 Å². The Hall–Kier alpha value is -1.27.